The van der Waals surface area contributed by atoms with Gasteiger partial charge in [0.1, 0.15) is 0 Å². The molecule has 1 spiro atoms. The fourth-order valence-electron chi connectivity index (χ4n) is 4.21. The highest BCUT2D eigenvalue weighted by atomic mass is 16.5. The van der Waals surface area contributed by atoms with Crippen LogP contribution < -0.4 is 5.73 Å². The summed E-state index contributed by atoms with van der Waals surface area (Å²) >= 11 is 0. The van der Waals surface area contributed by atoms with Crippen LogP contribution in [0.2, 0.25) is 0 Å². The van der Waals surface area contributed by atoms with E-state index in [1.165, 1.54) is 0 Å². The molecule has 0 aromatic rings. The van der Waals surface area contributed by atoms with Gasteiger partial charge in [-0.2, -0.15) is 0 Å². The molecule has 0 bridgehead atoms. The number of hydrogen-bond acceptors (Lipinski definition) is 4. The van der Waals surface area contributed by atoms with Gasteiger partial charge in [-0.25, -0.2) is 0 Å². The Balaban J connectivity index is 2.01. The molecule has 128 valence electrons. The molecule has 1 amide bonds. The lowest BCUT2D eigenvalue weighted by Crippen LogP contribution is -2.63. The van der Waals surface area contributed by atoms with Crippen LogP contribution in [0.15, 0.2) is 0 Å². The molecule has 5 heteroatoms. The molecular formula is C17H32N2O3. The van der Waals surface area contributed by atoms with Crippen LogP contribution in [0.1, 0.15) is 52.9 Å². The third-order valence-corrected chi connectivity index (χ3v) is 6.29. The third kappa shape index (κ3) is 2.68. The minimum atomic E-state index is -0.415. The quantitative estimate of drug-likeness (QED) is 0.780. The minimum Gasteiger partial charge on any atom is -0.392 e. The van der Waals surface area contributed by atoms with Crippen molar-refractivity contribution in [1.82, 2.24) is 4.90 Å². The Bertz CT molecular complexity index is 377. The number of amides is 1. The van der Waals surface area contributed by atoms with E-state index in [-0.39, 0.29) is 23.5 Å². The van der Waals surface area contributed by atoms with Gasteiger partial charge in [-0.1, -0.05) is 13.8 Å². The molecule has 2 rings (SSSR count). The zero-order valence-electron chi connectivity index (χ0n) is 14.3. The standard InChI is InChI=1S/C17H32N2O3/c1-4-16(5-2,12-18)15(21)19-9-7-17(8-10-19)13(20)11-14(17)22-6-3/h13-14,20H,4-12,18H2,1-3H3. The van der Waals surface area contributed by atoms with Crippen molar-refractivity contribution in [3.8, 4) is 0 Å². The lowest BCUT2D eigenvalue weighted by Gasteiger charge is -2.57. The fourth-order valence-corrected chi connectivity index (χ4v) is 4.21. The molecule has 2 aliphatic rings. The molecular weight excluding hydrogens is 280 g/mol. The monoisotopic (exact) mass is 312 g/mol. The average Bonchev–Trinajstić information content (AvgIpc) is 2.57. The van der Waals surface area contributed by atoms with Gasteiger partial charge in [0.15, 0.2) is 0 Å². The maximum atomic E-state index is 12.9. The van der Waals surface area contributed by atoms with E-state index in [1.807, 2.05) is 25.7 Å². The Morgan fingerprint density at radius 1 is 1.32 bits per heavy atom. The summed E-state index contributed by atoms with van der Waals surface area (Å²) in [6.07, 6.45) is 3.84. The summed E-state index contributed by atoms with van der Waals surface area (Å²) < 4.78 is 5.78. The number of piperidine rings is 1. The van der Waals surface area contributed by atoms with E-state index in [2.05, 4.69) is 0 Å². The van der Waals surface area contributed by atoms with Gasteiger partial charge >= 0.3 is 0 Å². The third-order valence-electron chi connectivity index (χ3n) is 6.29. The Hall–Kier alpha value is -0.650. The SMILES string of the molecule is CCOC1CC(O)C12CCN(C(=O)C(CC)(CC)CN)CC2. The van der Waals surface area contributed by atoms with Crippen LogP contribution in [0.3, 0.4) is 0 Å². The first-order chi connectivity index (χ1) is 10.5. The summed E-state index contributed by atoms with van der Waals surface area (Å²) in [6, 6.07) is 0. The smallest absolute Gasteiger partial charge is 0.230 e. The first-order valence-electron chi connectivity index (χ1n) is 8.78. The first kappa shape index (κ1) is 17.7. The van der Waals surface area contributed by atoms with Crippen LogP contribution in [0.25, 0.3) is 0 Å². The molecule has 0 radical (unpaired) electrons. The molecule has 0 aromatic carbocycles. The lowest BCUT2D eigenvalue weighted by atomic mass is 9.58. The highest BCUT2D eigenvalue weighted by Gasteiger charge is 2.56. The summed E-state index contributed by atoms with van der Waals surface area (Å²) in [5.74, 6) is 0.191. The van der Waals surface area contributed by atoms with Gasteiger partial charge in [0.25, 0.3) is 0 Å². The molecule has 1 aliphatic carbocycles. The number of nitrogens with two attached hydrogens (primary N) is 1. The molecule has 2 atom stereocenters. The zero-order chi connectivity index (χ0) is 16.4. The van der Waals surface area contributed by atoms with Crippen LogP contribution in [0.4, 0.5) is 0 Å². The Morgan fingerprint density at radius 3 is 2.32 bits per heavy atom. The van der Waals surface area contributed by atoms with Crippen LogP contribution in [-0.4, -0.2) is 54.4 Å². The minimum absolute atomic E-state index is 0.128. The summed E-state index contributed by atoms with van der Waals surface area (Å²) in [5.41, 5.74) is 5.36. The largest absolute Gasteiger partial charge is 0.392 e. The van der Waals surface area contributed by atoms with Gasteiger partial charge in [-0.3, -0.25) is 4.79 Å². The zero-order valence-corrected chi connectivity index (χ0v) is 14.3. The number of carbonyl (C=O) groups is 1. The highest BCUT2D eigenvalue weighted by Crippen LogP contribution is 2.51. The van der Waals surface area contributed by atoms with Crippen molar-refractivity contribution >= 4 is 5.91 Å². The molecule has 5 nitrogen and oxygen atoms in total. The van der Waals surface area contributed by atoms with Crippen molar-refractivity contribution in [2.45, 2.75) is 65.1 Å². The first-order valence-corrected chi connectivity index (χ1v) is 8.78. The second-order valence-electron chi connectivity index (χ2n) is 6.91. The maximum Gasteiger partial charge on any atom is 0.230 e. The maximum absolute atomic E-state index is 12.9. The predicted molar refractivity (Wildman–Crippen MR) is 86.4 cm³/mol. The average molecular weight is 312 g/mol. The van der Waals surface area contributed by atoms with Crippen molar-refractivity contribution in [3.05, 3.63) is 0 Å². The van der Waals surface area contributed by atoms with Crippen molar-refractivity contribution in [2.24, 2.45) is 16.6 Å². The number of aliphatic hydroxyl groups is 1. The number of ether oxygens (including phenoxy) is 1. The number of hydrogen-bond donors (Lipinski definition) is 2. The van der Waals surface area contributed by atoms with E-state index in [0.29, 0.717) is 26.2 Å². The van der Waals surface area contributed by atoms with Crippen LogP contribution >= 0.6 is 0 Å². The van der Waals surface area contributed by atoms with Crippen molar-refractivity contribution < 1.29 is 14.6 Å². The van der Waals surface area contributed by atoms with Crippen LogP contribution in [0, 0.1) is 10.8 Å². The van der Waals surface area contributed by atoms with E-state index in [4.69, 9.17) is 10.5 Å². The van der Waals surface area contributed by atoms with Crippen molar-refractivity contribution in [3.63, 3.8) is 0 Å². The summed E-state index contributed by atoms with van der Waals surface area (Å²) in [7, 11) is 0. The van der Waals surface area contributed by atoms with Gasteiger partial charge in [0.2, 0.25) is 5.91 Å². The van der Waals surface area contributed by atoms with Gasteiger partial charge < -0.3 is 20.5 Å². The van der Waals surface area contributed by atoms with E-state index in [0.717, 1.165) is 32.1 Å². The Labute approximate surface area is 134 Å². The molecule has 2 fully saturated rings. The summed E-state index contributed by atoms with van der Waals surface area (Å²) in [4.78, 5) is 14.8. The second-order valence-corrected chi connectivity index (χ2v) is 6.91. The number of carbonyl (C=O) groups excluding carboxylic acids is 1. The second kappa shape index (κ2) is 6.85. The molecule has 2 unspecified atom stereocenters. The van der Waals surface area contributed by atoms with Crippen molar-refractivity contribution in [1.29, 1.82) is 0 Å². The van der Waals surface area contributed by atoms with Crippen LogP contribution in [0.5, 0.6) is 0 Å². The lowest BCUT2D eigenvalue weighted by molar-refractivity contribution is -0.211. The molecule has 22 heavy (non-hydrogen) atoms. The highest BCUT2D eigenvalue weighted by molar-refractivity contribution is 5.83. The van der Waals surface area contributed by atoms with E-state index in [1.54, 1.807) is 0 Å². The molecule has 3 N–H and O–H groups in total. The molecule has 1 aliphatic heterocycles. The normalized spacial score (nSPS) is 27.8. The van der Waals surface area contributed by atoms with Crippen molar-refractivity contribution in [2.75, 3.05) is 26.2 Å². The van der Waals surface area contributed by atoms with Gasteiger partial charge in [-0.15, -0.1) is 0 Å². The number of rotatable bonds is 6. The Morgan fingerprint density at radius 2 is 1.91 bits per heavy atom. The van der Waals surface area contributed by atoms with Gasteiger partial charge in [-0.05, 0) is 32.6 Å². The van der Waals surface area contributed by atoms with Gasteiger partial charge in [0.05, 0.1) is 17.6 Å². The van der Waals surface area contributed by atoms with E-state index in [9.17, 15) is 9.90 Å². The summed E-state index contributed by atoms with van der Waals surface area (Å²) in [6.45, 7) is 8.59. The van der Waals surface area contributed by atoms with E-state index < -0.39 is 5.41 Å². The molecule has 0 aromatic heterocycles. The number of nitrogens with zero attached hydrogens (tertiary/aromatic N) is 1. The molecule has 1 saturated carbocycles. The summed E-state index contributed by atoms with van der Waals surface area (Å²) in [5, 5.41) is 10.2. The number of likely N-dealkylation sites (tertiary alicyclic amines) is 1. The molecule has 1 heterocycles. The van der Waals surface area contributed by atoms with E-state index >= 15 is 0 Å². The predicted octanol–water partition coefficient (Wildman–Crippen LogP) is 1.53. The topological polar surface area (TPSA) is 75.8 Å². The van der Waals surface area contributed by atoms with Gasteiger partial charge in [0, 0.05) is 38.1 Å². The Kier molecular flexibility index (Phi) is 5.51. The molecule has 1 saturated heterocycles. The number of aliphatic hydroxyl groups excluding tert-OH is 1. The van der Waals surface area contributed by atoms with Crippen LogP contribution in [-0.2, 0) is 9.53 Å². The fraction of sp³-hybridized carbons (Fsp3) is 0.941.